The second-order valence-corrected chi connectivity index (χ2v) is 3.13. The van der Waals surface area contributed by atoms with Gasteiger partial charge in [-0.05, 0) is 25.5 Å². The third kappa shape index (κ3) is 3.47. The molecule has 0 spiro atoms. The number of ether oxygens (including phenoxy) is 1. The molecule has 0 aliphatic heterocycles. The Morgan fingerprint density at radius 3 is 2.57 bits per heavy atom. The van der Waals surface area contributed by atoms with Crippen LogP contribution in [0.15, 0.2) is 24.3 Å². The fourth-order valence-electron chi connectivity index (χ4n) is 0.976. The fourth-order valence-corrected chi connectivity index (χ4v) is 0.976. The summed E-state index contributed by atoms with van der Waals surface area (Å²) in [6.45, 7) is 4.62. The fraction of sp³-hybridized carbons (Fsp3) is 0.364. The molecule has 0 heterocycles. The first-order valence-electron chi connectivity index (χ1n) is 4.74. The van der Waals surface area contributed by atoms with Gasteiger partial charge < -0.3 is 10.1 Å². The highest BCUT2D eigenvalue weighted by Gasteiger charge is 2.01. The molecule has 0 bridgehead atoms. The predicted molar refractivity (Wildman–Crippen MR) is 55.5 cm³/mol. The minimum absolute atomic E-state index is 0.393. The second kappa shape index (κ2) is 5.27. The van der Waals surface area contributed by atoms with Gasteiger partial charge in [-0.3, -0.25) is 0 Å². The van der Waals surface area contributed by atoms with Crippen molar-refractivity contribution in [2.45, 2.75) is 20.3 Å². The lowest BCUT2D eigenvalue weighted by molar-refractivity contribution is 0.200. The summed E-state index contributed by atoms with van der Waals surface area (Å²) in [5.41, 5.74) is 1.14. The van der Waals surface area contributed by atoms with Crippen molar-refractivity contribution >= 4 is 6.09 Å². The summed E-state index contributed by atoms with van der Waals surface area (Å²) in [4.78, 5) is 11.1. The Balaban J connectivity index is 2.44. The SMILES string of the molecule is CCCNC(=O)Oc1ccc(C)cc1. The van der Waals surface area contributed by atoms with E-state index in [1.807, 2.05) is 26.0 Å². The molecule has 0 atom stereocenters. The first-order chi connectivity index (χ1) is 6.72. The highest BCUT2D eigenvalue weighted by atomic mass is 16.5. The second-order valence-electron chi connectivity index (χ2n) is 3.13. The van der Waals surface area contributed by atoms with Crippen molar-refractivity contribution in [3.8, 4) is 5.75 Å². The zero-order valence-electron chi connectivity index (χ0n) is 8.54. The predicted octanol–water partition coefficient (Wildman–Crippen LogP) is 2.49. The number of carbonyl (C=O) groups excluding carboxylic acids is 1. The Hall–Kier alpha value is -1.51. The molecule has 14 heavy (non-hydrogen) atoms. The molecular weight excluding hydrogens is 178 g/mol. The van der Waals surface area contributed by atoms with Crippen LogP contribution in [0.5, 0.6) is 5.75 Å². The van der Waals surface area contributed by atoms with Crippen molar-refractivity contribution < 1.29 is 9.53 Å². The van der Waals surface area contributed by atoms with Gasteiger partial charge in [-0.1, -0.05) is 24.6 Å². The third-order valence-corrected chi connectivity index (χ3v) is 1.75. The van der Waals surface area contributed by atoms with Crippen LogP contribution in [0.1, 0.15) is 18.9 Å². The summed E-state index contributed by atoms with van der Waals surface area (Å²) in [6, 6.07) is 7.37. The van der Waals surface area contributed by atoms with Crippen molar-refractivity contribution in [1.82, 2.24) is 5.32 Å². The summed E-state index contributed by atoms with van der Waals surface area (Å²) in [5.74, 6) is 0.573. The van der Waals surface area contributed by atoms with Gasteiger partial charge in [0.05, 0.1) is 0 Å². The van der Waals surface area contributed by atoms with E-state index in [4.69, 9.17) is 4.74 Å². The van der Waals surface area contributed by atoms with E-state index >= 15 is 0 Å². The number of rotatable bonds is 3. The molecule has 0 radical (unpaired) electrons. The van der Waals surface area contributed by atoms with Gasteiger partial charge in [0.25, 0.3) is 0 Å². The van der Waals surface area contributed by atoms with E-state index in [0.29, 0.717) is 12.3 Å². The molecule has 0 aliphatic carbocycles. The molecule has 76 valence electrons. The summed E-state index contributed by atoms with van der Waals surface area (Å²) in [7, 11) is 0. The van der Waals surface area contributed by atoms with Crippen molar-refractivity contribution in [3.05, 3.63) is 29.8 Å². The van der Waals surface area contributed by atoms with Crippen LogP contribution >= 0.6 is 0 Å². The minimum atomic E-state index is -0.393. The number of nitrogens with one attached hydrogen (secondary N) is 1. The topological polar surface area (TPSA) is 38.3 Å². The Labute approximate surface area is 84.1 Å². The highest BCUT2D eigenvalue weighted by Crippen LogP contribution is 2.11. The minimum Gasteiger partial charge on any atom is -0.410 e. The van der Waals surface area contributed by atoms with Gasteiger partial charge in [0.2, 0.25) is 0 Å². The number of benzene rings is 1. The number of amides is 1. The van der Waals surface area contributed by atoms with Gasteiger partial charge in [0, 0.05) is 6.54 Å². The maximum absolute atomic E-state index is 11.1. The Bertz CT molecular complexity index is 293. The van der Waals surface area contributed by atoms with Crippen LogP contribution < -0.4 is 10.1 Å². The Morgan fingerprint density at radius 2 is 2.00 bits per heavy atom. The largest absolute Gasteiger partial charge is 0.412 e. The maximum atomic E-state index is 11.1. The van der Waals surface area contributed by atoms with Crippen LogP contribution in [-0.4, -0.2) is 12.6 Å². The smallest absolute Gasteiger partial charge is 0.410 e. The molecule has 0 aliphatic rings. The van der Waals surface area contributed by atoms with E-state index < -0.39 is 6.09 Å². The first-order valence-corrected chi connectivity index (χ1v) is 4.74. The lowest BCUT2D eigenvalue weighted by Gasteiger charge is -2.05. The summed E-state index contributed by atoms with van der Waals surface area (Å²) >= 11 is 0. The van der Waals surface area contributed by atoms with Crippen molar-refractivity contribution in [2.75, 3.05) is 6.54 Å². The van der Waals surface area contributed by atoms with Crippen molar-refractivity contribution in [1.29, 1.82) is 0 Å². The van der Waals surface area contributed by atoms with Gasteiger partial charge in [0.1, 0.15) is 5.75 Å². The Morgan fingerprint density at radius 1 is 1.36 bits per heavy atom. The molecule has 0 saturated heterocycles. The summed E-state index contributed by atoms with van der Waals surface area (Å²) in [6.07, 6.45) is 0.513. The molecule has 1 aromatic carbocycles. The zero-order chi connectivity index (χ0) is 10.4. The average molecular weight is 193 g/mol. The first kappa shape index (κ1) is 10.6. The normalized spacial score (nSPS) is 9.57. The van der Waals surface area contributed by atoms with E-state index in [1.165, 1.54) is 0 Å². The van der Waals surface area contributed by atoms with Crippen molar-refractivity contribution in [3.63, 3.8) is 0 Å². The molecular formula is C11H15NO2. The average Bonchev–Trinajstić information content (AvgIpc) is 2.18. The maximum Gasteiger partial charge on any atom is 0.412 e. The lowest BCUT2D eigenvalue weighted by Crippen LogP contribution is -2.27. The van der Waals surface area contributed by atoms with Crippen LogP contribution in [0.3, 0.4) is 0 Å². The van der Waals surface area contributed by atoms with Crippen LogP contribution in [0.25, 0.3) is 0 Å². The van der Waals surface area contributed by atoms with E-state index in [-0.39, 0.29) is 0 Å². The number of hydrogen-bond acceptors (Lipinski definition) is 2. The van der Waals surface area contributed by atoms with Crippen LogP contribution in [0.2, 0.25) is 0 Å². The highest BCUT2D eigenvalue weighted by molar-refractivity contribution is 5.70. The quantitative estimate of drug-likeness (QED) is 0.800. The molecule has 0 unspecified atom stereocenters. The third-order valence-electron chi connectivity index (χ3n) is 1.75. The molecule has 1 aromatic rings. The molecule has 1 rings (SSSR count). The van der Waals surface area contributed by atoms with Crippen LogP contribution in [-0.2, 0) is 0 Å². The van der Waals surface area contributed by atoms with Crippen LogP contribution in [0.4, 0.5) is 4.79 Å². The van der Waals surface area contributed by atoms with Gasteiger partial charge in [0.15, 0.2) is 0 Å². The molecule has 0 aromatic heterocycles. The van der Waals surface area contributed by atoms with E-state index in [9.17, 15) is 4.79 Å². The van der Waals surface area contributed by atoms with Gasteiger partial charge in [-0.25, -0.2) is 4.79 Å². The molecule has 1 N–H and O–H groups in total. The zero-order valence-corrected chi connectivity index (χ0v) is 8.54. The Kier molecular flexibility index (Phi) is 3.98. The van der Waals surface area contributed by atoms with Gasteiger partial charge >= 0.3 is 6.09 Å². The number of carbonyl (C=O) groups is 1. The number of hydrogen-bond donors (Lipinski definition) is 1. The van der Waals surface area contributed by atoms with Crippen molar-refractivity contribution in [2.24, 2.45) is 0 Å². The molecule has 0 fully saturated rings. The summed E-state index contributed by atoms with van der Waals surface area (Å²) in [5, 5.41) is 2.63. The van der Waals surface area contributed by atoms with Gasteiger partial charge in [-0.15, -0.1) is 0 Å². The molecule has 0 saturated carbocycles. The molecule has 1 amide bonds. The standard InChI is InChI=1S/C11H15NO2/c1-3-8-12-11(13)14-10-6-4-9(2)5-7-10/h4-7H,3,8H2,1-2H3,(H,12,13). The monoisotopic (exact) mass is 193 g/mol. The molecule has 3 heteroatoms. The van der Waals surface area contributed by atoms with E-state index in [1.54, 1.807) is 12.1 Å². The lowest BCUT2D eigenvalue weighted by atomic mass is 10.2. The van der Waals surface area contributed by atoms with E-state index in [0.717, 1.165) is 12.0 Å². The number of aryl methyl sites for hydroxylation is 1. The molecule has 3 nitrogen and oxygen atoms in total. The van der Waals surface area contributed by atoms with Gasteiger partial charge in [-0.2, -0.15) is 0 Å². The van der Waals surface area contributed by atoms with Crippen LogP contribution in [0, 0.1) is 6.92 Å². The summed E-state index contributed by atoms with van der Waals surface area (Å²) < 4.78 is 5.02. The van der Waals surface area contributed by atoms with E-state index in [2.05, 4.69) is 5.32 Å².